The van der Waals surface area contributed by atoms with Gasteiger partial charge in [0.05, 0.1) is 31.8 Å². The van der Waals surface area contributed by atoms with Gasteiger partial charge < -0.3 is 24.8 Å². The van der Waals surface area contributed by atoms with E-state index in [1.807, 2.05) is 12.1 Å². The van der Waals surface area contributed by atoms with Crippen LogP contribution in [0.5, 0.6) is 11.5 Å². The number of nitrogens with one attached hydrogen (secondary N) is 2. The van der Waals surface area contributed by atoms with Crippen LogP contribution in [0, 0.1) is 0 Å². The molecule has 0 atom stereocenters. The number of rotatable bonds is 9. The van der Waals surface area contributed by atoms with Crippen LogP contribution in [0.3, 0.4) is 0 Å². The standard InChI is InChI=1S/C14H21BrN2O4/c1-19-5-4-17-13(18)9-16-8-10-6-11(15)14(21-3)12(7-10)20-2/h6-7,16H,4-5,8-9H2,1-3H3,(H,17,18). The molecule has 1 rings (SSSR count). The number of carbonyl (C=O) groups is 1. The van der Waals surface area contributed by atoms with Crippen LogP contribution < -0.4 is 20.1 Å². The third-order valence-corrected chi connectivity index (χ3v) is 3.33. The molecule has 0 radical (unpaired) electrons. The lowest BCUT2D eigenvalue weighted by Gasteiger charge is -2.12. The lowest BCUT2D eigenvalue weighted by Crippen LogP contribution is -2.35. The molecule has 2 N–H and O–H groups in total. The molecule has 0 aromatic heterocycles. The number of hydrogen-bond donors (Lipinski definition) is 2. The van der Waals surface area contributed by atoms with E-state index in [0.717, 1.165) is 10.0 Å². The van der Waals surface area contributed by atoms with Gasteiger partial charge >= 0.3 is 0 Å². The second-order valence-electron chi connectivity index (χ2n) is 4.26. The van der Waals surface area contributed by atoms with Crippen LogP contribution in [-0.2, 0) is 16.1 Å². The molecular formula is C14H21BrN2O4. The van der Waals surface area contributed by atoms with Crippen molar-refractivity contribution in [2.24, 2.45) is 0 Å². The first kappa shape index (κ1) is 17.7. The Morgan fingerprint density at radius 1 is 1.24 bits per heavy atom. The molecule has 0 fully saturated rings. The summed E-state index contributed by atoms with van der Waals surface area (Å²) in [5.74, 6) is 1.23. The quantitative estimate of drug-likeness (QED) is 0.650. The second kappa shape index (κ2) is 9.59. The number of carbonyl (C=O) groups excluding carboxylic acids is 1. The molecular weight excluding hydrogens is 340 g/mol. The van der Waals surface area contributed by atoms with Gasteiger partial charge in [-0.2, -0.15) is 0 Å². The summed E-state index contributed by atoms with van der Waals surface area (Å²) in [4.78, 5) is 11.5. The Morgan fingerprint density at radius 2 is 2.00 bits per heavy atom. The molecule has 1 aromatic carbocycles. The van der Waals surface area contributed by atoms with Crippen LogP contribution in [0.25, 0.3) is 0 Å². The summed E-state index contributed by atoms with van der Waals surface area (Å²) >= 11 is 3.44. The molecule has 0 unspecified atom stereocenters. The van der Waals surface area contributed by atoms with Crippen molar-refractivity contribution in [1.82, 2.24) is 10.6 Å². The normalized spacial score (nSPS) is 10.3. The SMILES string of the molecule is COCCNC(=O)CNCc1cc(Br)c(OC)c(OC)c1. The average molecular weight is 361 g/mol. The number of benzene rings is 1. The van der Waals surface area contributed by atoms with Crippen molar-refractivity contribution in [2.45, 2.75) is 6.54 Å². The molecule has 0 aliphatic carbocycles. The molecule has 1 amide bonds. The lowest BCUT2D eigenvalue weighted by molar-refractivity contribution is -0.120. The first-order valence-electron chi connectivity index (χ1n) is 6.49. The highest BCUT2D eigenvalue weighted by Gasteiger charge is 2.10. The summed E-state index contributed by atoms with van der Waals surface area (Å²) in [6, 6.07) is 3.80. The minimum atomic E-state index is -0.0633. The van der Waals surface area contributed by atoms with Crippen molar-refractivity contribution < 1.29 is 19.0 Å². The third-order valence-electron chi connectivity index (χ3n) is 2.74. The maximum atomic E-state index is 11.5. The number of hydrogen-bond acceptors (Lipinski definition) is 5. The van der Waals surface area contributed by atoms with E-state index in [2.05, 4.69) is 26.6 Å². The number of amides is 1. The Labute approximate surface area is 133 Å². The third kappa shape index (κ3) is 5.91. The van der Waals surface area contributed by atoms with Crippen LogP contribution in [0.4, 0.5) is 0 Å². The lowest BCUT2D eigenvalue weighted by atomic mass is 10.2. The van der Waals surface area contributed by atoms with E-state index in [9.17, 15) is 4.79 Å². The molecule has 0 aliphatic rings. The Bertz CT molecular complexity index is 469. The fourth-order valence-corrected chi connectivity index (χ4v) is 2.40. The molecule has 0 bridgehead atoms. The zero-order valence-electron chi connectivity index (χ0n) is 12.5. The molecule has 0 saturated heterocycles. The highest BCUT2D eigenvalue weighted by atomic mass is 79.9. The average Bonchev–Trinajstić information content (AvgIpc) is 2.47. The summed E-state index contributed by atoms with van der Waals surface area (Å²) in [5.41, 5.74) is 0.990. The van der Waals surface area contributed by atoms with Gasteiger partial charge in [-0.25, -0.2) is 0 Å². The summed E-state index contributed by atoms with van der Waals surface area (Å²) in [6.45, 7) is 1.82. The summed E-state index contributed by atoms with van der Waals surface area (Å²) < 4.78 is 16.2. The van der Waals surface area contributed by atoms with Crippen molar-refractivity contribution in [3.8, 4) is 11.5 Å². The topological polar surface area (TPSA) is 68.8 Å². The minimum Gasteiger partial charge on any atom is -0.493 e. The Morgan fingerprint density at radius 3 is 2.62 bits per heavy atom. The van der Waals surface area contributed by atoms with Crippen molar-refractivity contribution in [2.75, 3.05) is 41.0 Å². The number of halogens is 1. The highest BCUT2D eigenvalue weighted by Crippen LogP contribution is 2.36. The molecule has 0 heterocycles. The van der Waals surface area contributed by atoms with E-state index in [0.29, 0.717) is 31.2 Å². The molecule has 6 nitrogen and oxygen atoms in total. The first-order valence-corrected chi connectivity index (χ1v) is 7.28. The first-order chi connectivity index (χ1) is 10.1. The molecule has 0 saturated carbocycles. The van der Waals surface area contributed by atoms with Gasteiger partial charge in [0.2, 0.25) is 5.91 Å². The molecule has 0 aliphatic heterocycles. The van der Waals surface area contributed by atoms with Crippen LogP contribution in [-0.4, -0.2) is 46.9 Å². The van der Waals surface area contributed by atoms with Gasteiger partial charge in [-0.3, -0.25) is 4.79 Å². The predicted octanol–water partition coefficient (Wildman–Crippen LogP) is 1.32. The highest BCUT2D eigenvalue weighted by molar-refractivity contribution is 9.10. The van der Waals surface area contributed by atoms with Crippen LogP contribution in [0.15, 0.2) is 16.6 Å². The predicted molar refractivity (Wildman–Crippen MR) is 83.8 cm³/mol. The monoisotopic (exact) mass is 360 g/mol. The summed E-state index contributed by atoms with van der Waals surface area (Å²) in [5, 5.41) is 5.82. The Balaban J connectivity index is 2.49. The molecule has 118 valence electrons. The van der Waals surface area contributed by atoms with E-state index in [4.69, 9.17) is 14.2 Å². The largest absolute Gasteiger partial charge is 0.493 e. The Hall–Kier alpha value is -1.31. The van der Waals surface area contributed by atoms with Gasteiger partial charge in [-0.05, 0) is 33.6 Å². The zero-order chi connectivity index (χ0) is 15.7. The van der Waals surface area contributed by atoms with E-state index in [1.165, 1.54) is 0 Å². The summed E-state index contributed by atoms with van der Waals surface area (Å²) in [6.07, 6.45) is 0. The van der Waals surface area contributed by atoms with E-state index in [1.54, 1.807) is 21.3 Å². The molecule has 7 heteroatoms. The van der Waals surface area contributed by atoms with Crippen molar-refractivity contribution in [3.05, 3.63) is 22.2 Å². The van der Waals surface area contributed by atoms with E-state index >= 15 is 0 Å². The Kier molecular flexibility index (Phi) is 8.11. The van der Waals surface area contributed by atoms with E-state index in [-0.39, 0.29) is 12.5 Å². The van der Waals surface area contributed by atoms with Gasteiger partial charge in [0.15, 0.2) is 11.5 Å². The molecule has 1 aromatic rings. The van der Waals surface area contributed by atoms with Crippen LogP contribution in [0.1, 0.15) is 5.56 Å². The van der Waals surface area contributed by atoms with E-state index < -0.39 is 0 Å². The van der Waals surface area contributed by atoms with Crippen LogP contribution >= 0.6 is 15.9 Å². The van der Waals surface area contributed by atoms with Gasteiger partial charge in [0.25, 0.3) is 0 Å². The molecule has 0 spiro atoms. The van der Waals surface area contributed by atoms with Crippen molar-refractivity contribution in [3.63, 3.8) is 0 Å². The number of methoxy groups -OCH3 is 3. The minimum absolute atomic E-state index is 0.0633. The fourth-order valence-electron chi connectivity index (χ4n) is 1.75. The van der Waals surface area contributed by atoms with Gasteiger partial charge in [0.1, 0.15) is 0 Å². The van der Waals surface area contributed by atoms with Gasteiger partial charge in [-0.15, -0.1) is 0 Å². The van der Waals surface area contributed by atoms with Gasteiger partial charge in [-0.1, -0.05) is 0 Å². The number of ether oxygens (including phenoxy) is 3. The van der Waals surface area contributed by atoms with Crippen molar-refractivity contribution in [1.29, 1.82) is 0 Å². The second-order valence-corrected chi connectivity index (χ2v) is 5.11. The zero-order valence-corrected chi connectivity index (χ0v) is 14.1. The fraction of sp³-hybridized carbons (Fsp3) is 0.500. The van der Waals surface area contributed by atoms with Gasteiger partial charge in [0, 0.05) is 20.2 Å². The van der Waals surface area contributed by atoms with Crippen LogP contribution in [0.2, 0.25) is 0 Å². The maximum Gasteiger partial charge on any atom is 0.234 e. The summed E-state index contributed by atoms with van der Waals surface area (Å²) in [7, 11) is 4.77. The smallest absolute Gasteiger partial charge is 0.234 e. The molecule has 21 heavy (non-hydrogen) atoms. The maximum absolute atomic E-state index is 11.5. The van der Waals surface area contributed by atoms with Crippen molar-refractivity contribution >= 4 is 21.8 Å².